The Labute approximate surface area is 168 Å². The van der Waals surface area contributed by atoms with Crippen LogP contribution >= 0.6 is 0 Å². The van der Waals surface area contributed by atoms with E-state index in [1.54, 1.807) is 12.3 Å². The minimum atomic E-state index is -4.43. The standard InChI is InChI=1S/C23H25F3N2O/c1-2-3-6-12-27-22(29)14-19(16-8-7-9-17(13-16)23(24,25)26)20-15-28-21-11-5-4-10-18(20)21/h4-5,7-11,13,15,19,28H,2-3,6,12,14H2,1H3,(H,27,29). The quantitative estimate of drug-likeness (QED) is 0.445. The molecule has 1 atom stereocenters. The summed E-state index contributed by atoms with van der Waals surface area (Å²) in [5.41, 5.74) is 1.49. The van der Waals surface area contributed by atoms with Crippen molar-refractivity contribution < 1.29 is 18.0 Å². The molecule has 6 heteroatoms. The van der Waals surface area contributed by atoms with E-state index in [1.807, 2.05) is 24.3 Å². The largest absolute Gasteiger partial charge is 0.416 e. The first-order valence-electron chi connectivity index (χ1n) is 9.90. The van der Waals surface area contributed by atoms with Gasteiger partial charge < -0.3 is 10.3 Å². The molecule has 0 saturated carbocycles. The van der Waals surface area contributed by atoms with Crippen molar-refractivity contribution in [1.29, 1.82) is 0 Å². The molecule has 29 heavy (non-hydrogen) atoms. The summed E-state index contributed by atoms with van der Waals surface area (Å²) in [6, 6.07) is 12.9. The summed E-state index contributed by atoms with van der Waals surface area (Å²) >= 11 is 0. The zero-order valence-electron chi connectivity index (χ0n) is 16.4. The molecule has 0 aliphatic heterocycles. The maximum Gasteiger partial charge on any atom is 0.416 e. The van der Waals surface area contributed by atoms with Crippen molar-refractivity contribution in [1.82, 2.24) is 10.3 Å². The van der Waals surface area contributed by atoms with Crippen LogP contribution in [0.3, 0.4) is 0 Å². The molecule has 0 bridgehead atoms. The summed E-state index contributed by atoms with van der Waals surface area (Å²) < 4.78 is 39.7. The van der Waals surface area contributed by atoms with Crippen molar-refractivity contribution in [3.63, 3.8) is 0 Å². The van der Waals surface area contributed by atoms with Gasteiger partial charge in [-0.05, 0) is 29.7 Å². The number of halogens is 3. The topological polar surface area (TPSA) is 44.9 Å². The molecule has 0 spiro atoms. The van der Waals surface area contributed by atoms with Crippen LogP contribution in [0.5, 0.6) is 0 Å². The number of para-hydroxylation sites is 1. The molecular weight excluding hydrogens is 377 g/mol. The molecule has 1 amide bonds. The van der Waals surface area contributed by atoms with Gasteiger partial charge in [0.25, 0.3) is 0 Å². The zero-order valence-corrected chi connectivity index (χ0v) is 16.4. The third-order valence-electron chi connectivity index (χ3n) is 5.10. The lowest BCUT2D eigenvalue weighted by Gasteiger charge is -2.19. The molecule has 3 rings (SSSR count). The monoisotopic (exact) mass is 402 g/mol. The Morgan fingerprint density at radius 2 is 1.90 bits per heavy atom. The molecule has 154 valence electrons. The number of carbonyl (C=O) groups excluding carboxylic acids is 1. The molecule has 3 aromatic rings. The highest BCUT2D eigenvalue weighted by atomic mass is 19.4. The van der Waals surface area contributed by atoms with E-state index in [4.69, 9.17) is 0 Å². The van der Waals surface area contributed by atoms with Crippen LogP contribution < -0.4 is 5.32 Å². The van der Waals surface area contributed by atoms with Crippen LogP contribution in [0.1, 0.15) is 55.2 Å². The fourth-order valence-electron chi connectivity index (χ4n) is 3.58. The molecule has 0 saturated heterocycles. The van der Waals surface area contributed by atoms with Gasteiger partial charge in [-0.25, -0.2) is 0 Å². The minimum absolute atomic E-state index is 0.0925. The summed E-state index contributed by atoms with van der Waals surface area (Å²) in [6.07, 6.45) is 0.430. The SMILES string of the molecule is CCCCCNC(=O)CC(c1cccc(C(F)(F)F)c1)c1c[nH]c2ccccc12. The van der Waals surface area contributed by atoms with Gasteiger partial charge in [0, 0.05) is 36.0 Å². The van der Waals surface area contributed by atoms with E-state index in [-0.39, 0.29) is 12.3 Å². The van der Waals surface area contributed by atoms with Crippen molar-refractivity contribution in [2.75, 3.05) is 6.54 Å². The van der Waals surface area contributed by atoms with E-state index in [9.17, 15) is 18.0 Å². The molecular formula is C23H25F3N2O. The number of aromatic nitrogens is 1. The molecule has 1 heterocycles. The molecule has 1 unspecified atom stereocenters. The number of unbranched alkanes of at least 4 members (excludes halogenated alkanes) is 2. The summed E-state index contributed by atoms with van der Waals surface area (Å²) in [5, 5.41) is 3.81. The lowest BCUT2D eigenvalue weighted by molar-refractivity contribution is -0.137. The van der Waals surface area contributed by atoms with Gasteiger partial charge in [0.1, 0.15) is 0 Å². The Hall–Kier alpha value is -2.76. The second-order valence-electron chi connectivity index (χ2n) is 7.23. The van der Waals surface area contributed by atoms with Crippen LogP contribution in [0.4, 0.5) is 13.2 Å². The smallest absolute Gasteiger partial charge is 0.361 e. The number of carbonyl (C=O) groups is 1. The molecule has 2 aromatic carbocycles. The van der Waals surface area contributed by atoms with Gasteiger partial charge >= 0.3 is 6.18 Å². The number of nitrogens with one attached hydrogen (secondary N) is 2. The number of alkyl halides is 3. The highest BCUT2D eigenvalue weighted by Crippen LogP contribution is 2.36. The first kappa shape index (κ1) is 21.0. The van der Waals surface area contributed by atoms with Crippen molar-refractivity contribution >= 4 is 16.8 Å². The number of benzene rings is 2. The Morgan fingerprint density at radius 1 is 1.10 bits per heavy atom. The fraction of sp³-hybridized carbons (Fsp3) is 0.348. The van der Waals surface area contributed by atoms with Gasteiger partial charge in [0.05, 0.1) is 5.56 Å². The summed E-state index contributed by atoms with van der Waals surface area (Å²) in [6.45, 7) is 2.67. The number of hydrogen-bond acceptors (Lipinski definition) is 1. The predicted molar refractivity (Wildman–Crippen MR) is 109 cm³/mol. The number of H-pyrrole nitrogens is 1. The minimum Gasteiger partial charge on any atom is -0.361 e. The summed E-state index contributed by atoms with van der Waals surface area (Å²) in [5.74, 6) is -0.631. The van der Waals surface area contributed by atoms with Gasteiger partial charge in [-0.2, -0.15) is 13.2 Å². The average molecular weight is 402 g/mol. The van der Waals surface area contributed by atoms with Gasteiger partial charge in [-0.15, -0.1) is 0 Å². The molecule has 3 nitrogen and oxygen atoms in total. The predicted octanol–water partition coefficient (Wildman–Crippen LogP) is 6.02. The van der Waals surface area contributed by atoms with E-state index in [0.29, 0.717) is 12.1 Å². The Kier molecular flexibility index (Phi) is 6.62. The maximum atomic E-state index is 13.2. The van der Waals surface area contributed by atoms with E-state index >= 15 is 0 Å². The Balaban J connectivity index is 1.93. The highest BCUT2D eigenvalue weighted by molar-refractivity contribution is 5.86. The van der Waals surface area contributed by atoms with Gasteiger partial charge in [0.2, 0.25) is 5.91 Å². The van der Waals surface area contributed by atoms with E-state index in [1.165, 1.54) is 6.07 Å². The van der Waals surface area contributed by atoms with Crippen LogP contribution in [0, 0.1) is 0 Å². The second kappa shape index (κ2) is 9.16. The maximum absolute atomic E-state index is 13.2. The molecule has 0 aliphatic carbocycles. The number of amides is 1. The average Bonchev–Trinajstić information content (AvgIpc) is 3.13. The number of hydrogen-bond donors (Lipinski definition) is 2. The van der Waals surface area contributed by atoms with Gasteiger partial charge in [-0.3, -0.25) is 4.79 Å². The van der Waals surface area contributed by atoms with Crippen LogP contribution in [-0.2, 0) is 11.0 Å². The first-order valence-corrected chi connectivity index (χ1v) is 9.90. The normalized spacial score (nSPS) is 12.8. The van der Waals surface area contributed by atoms with Crippen molar-refractivity contribution in [2.24, 2.45) is 0 Å². The van der Waals surface area contributed by atoms with Gasteiger partial charge in [0.15, 0.2) is 0 Å². The van der Waals surface area contributed by atoms with Crippen molar-refractivity contribution in [2.45, 2.75) is 44.7 Å². The lowest BCUT2D eigenvalue weighted by atomic mass is 9.87. The van der Waals surface area contributed by atoms with Crippen LogP contribution in [0.2, 0.25) is 0 Å². The van der Waals surface area contributed by atoms with Gasteiger partial charge in [-0.1, -0.05) is 56.2 Å². The van der Waals surface area contributed by atoms with E-state index < -0.39 is 17.7 Å². The fourth-order valence-corrected chi connectivity index (χ4v) is 3.58. The van der Waals surface area contributed by atoms with Crippen molar-refractivity contribution in [3.8, 4) is 0 Å². The van der Waals surface area contributed by atoms with E-state index in [0.717, 1.165) is 47.9 Å². The molecule has 0 fully saturated rings. The summed E-state index contributed by atoms with van der Waals surface area (Å²) in [7, 11) is 0. The molecule has 0 aliphatic rings. The number of rotatable bonds is 8. The summed E-state index contributed by atoms with van der Waals surface area (Å²) in [4.78, 5) is 15.7. The molecule has 2 N–H and O–H groups in total. The second-order valence-corrected chi connectivity index (χ2v) is 7.23. The Morgan fingerprint density at radius 3 is 2.66 bits per heavy atom. The third kappa shape index (κ3) is 5.19. The third-order valence-corrected chi connectivity index (χ3v) is 5.10. The van der Waals surface area contributed by atoms with Crippen LogP contribution in [0.25, 0.3) is 10.9 Å². The molecule has 0 radical (unpaired) electrons. The van der Waals surface area contributed by atoms with Crippen LogP contribution in [0.15, 0.2) is 54.7 Å². The van der Waals surface area contributed by atoms with Crippen LogP contribution in [-0.4, -0.2) is 17.4 Å². The molecule has 1 aromatic heterocycles. The number of aromatic amines is 1. The number of fused-ring (bicyclic) bond motifs is 1. The highest BCUT2D eigenvalue weighted by Gasteiger charge is 2.31. The Bertz CT molecular complexity index is 962. The zero-order chi connectivity index (χ0) is 20.9. The first-order chi connectivity index (χ1) is 13.9. The van der Waals surface area contributed by atoms with Crippen molar-refractivity contribution in [3.05, 3.63) is 71.4 Å². The lowest BCUT2D eigenvalue weighted by Crippen LogP contribution is -2.26. The van der Waals surface area contributed by atoms with E-state index in [2.05, 4.69) is 17.2 Å².